The van der Waals surface area contributed by atoms with Gasteiger partial charge in [0.05, 0.1) is 17.3 Å². The fourth-order valence-electron chi connectivity index (χ4n) is 3.07. The number of aromatic nitrogens is 2. The molecule has 3 rings (SSSR count). The van der Waals surface area contributed by atoms with E-state index in [1.807, 2.05) is 24.7 Å². The number of rotatable bonds is 5. The summed E-state index contributed by atoms with van der Waals surface area (Å²) >= 11 is 6.05. The summed E-state index contributed by atoms with van der Waals surface area (Å²) in [5, 5.41) is 13.8. The lowest BCUT2D eigenvalue weighted by Crippen LogP contribution is -2.32. The average Bonchev–Trinajstić information content (AvgIpc) is 3.12. The van der Waals surface area contributed by atoms with Crippen molar-refractivity contribution in [1.29, 1.82) is 0 Å². The van der Waals surface area contributed by atoms with Crippen molar-refractivity contribution in [3.05, 3.63) is 46.7 Å². The van der Waals surface area contributed by atoms with Gasteiger partial charge in [0.1, 0.15) is 0 Å². The molecular formula is C19H24ClN5O2. The van der Waals surface area contributed by atoms with Crippen molar-refractivity contribution < 1.29 is 9.59 Å². The molecule has 2 heterocycles. The summed E-state index contributed by atoms with van der Waals surface area (Å²) in [6.45, 7) is 5.61. The summed E-state index contributed by atoms with van der Waals surface area (Å²) in [5.41, 5.74) is 1.02. The minimum Gasteiger partial charge on any atom is -0.350 e. The summed E-state index contributed by atoms with van der Waals surface area (Å²) in [6.07, 6.45) is 3.93. The molecule has 0 spiro atoms. The highest BCUT2D eigenvalue weighted by Crippen LogP contribution is 2.22. The lowest BCUT2D eigenvalue weighted by Gasteiger charge is -2.22. The first-order valence-corrected chi connectivity index (χ1v) is 9.49. The van der Waals surface area contributed by atoms with Gasteiger partial charge < -0.3 is 16.0 Å². The van der Waals surface area contributed by atoms with E-state index in [2.05, 4.69) is 21.0 Å². The van der Waals surface area contributed by atoms with E-state index in [1.165, 1.54) is 0 Å². The molecule has 0 bridgehead atoms. The lowest BCUT2D eigenvalue weighted by molar-refractivity contribution is 0.0944. The third-order valence-corrected chi connectivity index (χ3v) is 4.62. The molecule has 0 radical (unpaired) electrons. The SMILES string of the molecule is CC(C)NC(=O)c1ccc(Cl)cc1NC(=O)c1ccn(C2CCCNC2)n1. The van der Waals surface area contributed by atoms with Crippen LogP contribution in [0.1, 0.15) is 53.6 Å². The van der Waals surface area contributed by atoms with Crippen molar-refractivity contribution in [3.63, 3.8) is 0 Å². The van der Waals surface area contributed by atoms with Gasteiger partial charge in [-0.25, -0.2) is 0 Å². The van der Waals surface area contributed by atoms with Gasteiger partial charge in [-0.1, -0.05) is 11.6 Å². The van der Waals surface area contributed by atoms with Crippen LogP contribution in [0.15, 0.2) is 30.5 Å². The van der Waals surface area contributed by atoms with Crippen LogP contribution in [-0.4, -0.2) is 40.7 Å². The molecule has 8 heteroatoms. The lowest BCUT2D eigenvalue weighted by atomic mass is 10.1. The number of nitrogens with zero attached hydrogens (tertiary/aromatic N) is 2. The third-order valence-electron chi connectivity index (χ3n) is 4.38. The van der Waals surface area contributed by atoms with Gasteiger partial charge in [-0.15, -0.1) is 0 Å². The van der Waals surface area contributed by atoms with Crippen LogP contribution in [0.25, 0.3) is 0 Å². The van der Waals surface area contributed by atoms with E-state index >= 15 is 0 Å². The van der Waals surface area contributed by atoms with Gasteiger partial charge in [-0.05, 0) is 57.5 Å². The quantitative estimate of drug-likeness (QED) is 0.733. The number of anilines is 1. The molecule has 3 N–H and O–H groups in total. The zero-order valence-electron chi connectivity index (χ0n) is 15.5. The monoisotopic (exact) mass is 389 g/mol. The van der Waals surface area contributed by atoms with E-state index in [-0.39, 0.29) is 23.9 Å². The van der Waals surface area contributed by atoms with Gasteiger partial charge in [0.25, 0.3) is 11.8 Å². The first-order valence-electron chi connectivity index (χ1n) is 9.11. The van der Waals surface area contributed by atoms with Crippen LogP contribution in [0.4, 0.5) is 5.69 Å². The number of benzene rings is 1. The molecule has 1 saturated heterocycles. The third kappa shape index (κ3) is 4.87. The van der Waals surface area contributed by atoms with Gasteiger partial charge in [0.2, 0.25) is 0 Å². The fraction of sp³-hybridized carbons (Fsp3) is 0.421. The molecule has 2 aromatic rings. The molecule has 1 aromatic carbocycles. The summed E-state index contributed by atoms with van der Waals surface area (Å²) in [6, 6.07) is 6.70. The number of amides is 2. The molecule has 2 amide bonds. The Kier molecular flexibility index (Phi) is 6.13. The molecule has 0 saturated carbocycles. The number of nitrogens with one attached hydrogen (secondary N) is 3. The summed E-state index contributed by atoms with van der Waals surface area (Å²) in [4.78, 5) is 25.0. The maximum atomic E-state index is 12.6. The van der Waals surface area contributed by atoms with Crippen molar-refractivity contribution in [1.82, 2.24) is 20.4 Å². The van der Waals surface area contributed by atoms with Crippen molar-refractivity contribution in [2.45, 2.75) is 38.8 Å². The molecular weight excluding hydrogens is 366 g/mol. The van der Waals surface area contributed by atoms with Crippen molar-refractivity contribution in [2.24, 2.45) is 0 Å². The second kappa shape index (κ2) is 8.54. The minimum atomic E-state index is -0.376. The zero-order valence-corrected chi connectivity index (χ0v) is 16.2. The van der Waals surface area contributed by atoms with Crippen LogP contribution in [0.5, 0.6) is 0 Å². The van der Waals surface area contributed by atoms with E-state index < -0.39 is 0 Å². The summed E-state index contributed by atoms with van der Waals surface area (Å²) in [5.74, 6) is -0.644. The fourth-order valence-corrected chi connectivity index (χ4v) is 3.24. The summed E-state index contributed by atoms with van der Waals surface area (Å²) in [7, 11) is 0. The Balaban J connectivity index is 1.76. The van der Waals surface area contributed by atoms with Gasteiger partial charge in [-0.3, -0.25) is 14.3 Å². The predicted molar refractivity (Wildman–Crippen MR) is 105 cm³/mol. The molecule has 1 fully saturated rings. The number of piperidine rings is 1. The molecule has 7 nitrogen and oxygen atoms in total. The van der Waals surface area contributed by atoms with E-state index in [1.54, 1.807) is 24.3 Å². The maximum absolute atomic E-state index is 12.6. The highest BCUT2D eigenvalue weighted by molar-refractivity contribution is 6.31. The Labute approximate surface area is 163 Å². The smallest absolute Gasteiger partial charge is 0.276 e. The van der Waals surface area contributed by atoms with Crippen molar-refractivity contribution in [3.8, 4) is 0 Å². The molecule has 1 atom stereocenters. The predicted octanol–water partition coefficient (Wildman–Crippen LogP) is 2.85. The Morgan fingerprint density at radius 2 is 2.11 bits per heavy atom. The van der Waals surface area contributed by atoms with Crippen LogP contribution in [0.3, 0.4) is 0 Å². The van der Waals surface area contributed by atoms with Crippen LogP contribution in [-0.2, 0) is 0 Å². The largest absolute Gasteiger partial charge is 0.350 e. The molecule has 1 aliphatic rings. The van der Waals surface area contributed by atoms with Crippen LogP contribution < -0.4 is 16.0 Å². The molecule has 144 valence electrons. The van der Waals surface area contributed by atoms with Gasteiger partial charge >= 0.3 is 0 Å². The second-order valence-electron chi connectivity index (χ2n) is 6.95. The normalized spacial score (nSPS) is 17.0. The number of halogens is 1. The second-order valence-corrected chi connectivity index (χ2v) is 7.39. The van der Waals surface area contributed by atoms with E-state index in [4.69, 9.17) is 11.6 Å². The van der Waals surface area contributed by atoms with Gasteiger partial charge in [0.15, 0.2) is 5.69 Å². The standard InChI is InChI=1S/C19H24ClN5O2/c1-12(2)22-18(26)15-6-5-13(20)10-17(15)23-19(27)16-7-9-25(24-16)14-4-3-8-21-11-14/h5-7,9-10,12,14,21H,3-4,8,11H2,1-2H3,(H,22,26)(H,23,27). The maximum Gasteiger partial charge on any atom is 0.276 e. The van der Waals surface area contributed by atoms with Crippen LogP contribution in [0, 0.1) is 0 Å². The number of hydrogen-bond donors (Lipinski definition) is 3. The zero-order chi connectivity index (χ0) is 19.4. The van der Waals surface area contributed by atoms with Gasteiger partial charge in [0, 0.05) is 23.8 Å². The van der Waals surface area contributed by atoms with E-state index in [0.717, 1.165) is 25.9 Å². The van der Waals surface area contributed by atoms with E-state index in [0.29, 0.717) is 22.0 Å². The molecule has 27 heavy (non-hydrogen) atoms. The minimum absolute atomic E-state index is 0.0171. The average molecular weight is 390 g/mol. The van der Waals surface area contributed by atoms with Crippen molar-refractivity contribution in [2.75, 3.05) is 18.4 Å². The summed E-state index contributed by atoms with van der Waals surface area (Å²) < 4.78 is 1.82. The Morgan fingerprint density at radius 3 is 2.81 bits per heavy atom. The number of hydrogen-bond acceptors (Lipinski definition) is 4. The highest BCUT2D eigenvalue weighted by atomic mass is 35.5. The van der Waals surface area contributed by atoms with Crippen LogP contribution >= 0.6 is 11.6 Å². The topological polar surface area (TPSA) is 88.0 Å². The van der Waals surface area contributed by atoms with Gasteiger partial charge in [-0.2, -0.15) is 5.10 Å². The Morgan fingerprint density at radius 1 is 1.30 bits per heavy atom. The molecule has 1 unspecified atom stereocenters. The first-order chi connectivity index (χ1) is 12.9. The Bertz CT molecular complexity index is 827. The molecule has 0 aliphatic carbocycles. The first kappa shape index (κ1) is 19.4. The van der Waals surface area contributed by atoms with Crippen molar-refractivity contribution >= 4 is 29.1 Å². The molecule has 1 aromatic heterocycles. The van der Waals surface area contributed by atoms with E-state index in [9.17, 15) is 9.59 Å². The Hall–Kier alpha value is -2.38. The highest BCUT2D eigenvalue weighted by Gasteiger charge is 2.20. The molecule has 1 aliphatic heterocycles. The van der Waals surface area contributed by atoms with Crippen LogP contribution in [0.2, 0.25) is 5.02 Å². The number of carbonyl (C=O) groups is 2. The number of carbonyl (C=O) groups excluding carboxylic acids is 2.